The Labute approximate surface area is 175 Å². The zero-order chi connectivity index (χ0) is 21.9. The van der Waals surface area contributed by atoms with Crippen LogP contribution in [-0.4, -0.2) is 54.5 Å². The summed E-state index contributed by atoms with van der Waals surface area (Å²) >= 11 is 0. The summed E-state index contributed by atoms with van der Waals surface area (Å²) < 4.78 is 26.1. The second-order valence-corrected chi connectivity index (χ2v) is 8.72. The minimum Gasteiger partial charge on any atom is -0.355 e. The average Bonchev–Trinajstić information content (AvgIpc) is 2.93. The lowest BCUT2D eigenvalue weighted by Gasteiger charge is -2.30. The predicted molar refractivity (Wildman–Crippen MR) is 110 cm³/mol. The number of carbonyl (C=O) groups is 3. The van der Waals surface area contributed by atoms with Crippen LogP contribution in [0.2, 0.25) is 0 Å². The van der Waals surface area contributed by atoms with Crippen molar-refractivity contribution in [2.45, 2.75) is 31.3 Å². The monoisotopic (exact) mass is 429 g/mol. The number of fused-ring (bicyclic) bond motifs is 1. The topological polar surface area (TPSA) is 104 Å². The molecule has 9 heteroatoms. The molecule has 8 nitrogen and oxygen atoms in total. The van der Waals surface area contributed by atoms with Gasteiger partial charge in [-0.15, -0.1) is 0 Å². The van der Waals surface area contributed by atoms with Gasteiger partial charge in [-0.25, -0.2) is 12.7 Å². The Morgan fingerprint density at radius 3 is 2.33 bits per heavy atom. The Morgan fingerprint density at radius 2 is 1.70 bits per heavy atom. The molecule has 0 radical (unpaired) electrons. The first-order valence-electron chi connectivity index (χ1n) is 9.54. The van der Waals surface area contributed by atoms with Gasteiger partial charge < -0.3 is 10.2 Å². The SMILES string of the molecule is CCNC(=O)[C@H](C)N(Cc1ccccc1)C(=O)CN1C(=O)c2ccccc2S1(=O)=O. The van der Waals surface area contributed by atoms with Crippen molar-refractivity contribution < 1.29 is 22.8 Å². The van der Waals surface area contributed by atoms with E-state index in [1.165, 1.54) is 23.1 Å². The number of amides is 3. The summed E-state index contributed by atoms with van der Waals surface area (Å²) in [5, 5.41) is 2.67. The quantitative estimate of drug-likeness (QED) is 0.716. The smallest absolute Gasteiger partial charge is 0.269 e. The van der Waals surface area contributed by atoms with Crippen molar-refractivity contribution in [2.75, 3.05) is 13.1 Å². The van der Waals surface area contributed by atoms with Crippen LogP contribution >= 0.6 is 0 Å². The minimum absolute atomic E-state index is 0.0386. The maximum Gasteiger partial charge on any atom is 0.269 e. The molecule has 1 atom stereocenters. The van der Waals surface area contributed by atoms with E-state index in [1.807, 2.05) is 6.07 Å². The Bertz CT molecular complexity index is 1070. The zero-order valence-electron chi connectivity index (χ0n) is 16.7. The lowest BCUT2D eigenvalue weighted by molar-refractivity contribution is -0.140. The van der Waals surface area contributed by atoms with Crippen molar-refractivity contribution in [3.63, 3.8) is 0 Å². The molecule has 2 aromatic rings. The van der Waals surface area contributed by atoms with E-state index < -0.39 is 34.4 Å². The van der Waals surface area contributed by atoms with Gasteiger partial charge in [0.25, 0.3) is 15.9 Å². The maximum atomic E-state index is 13.1. The largest absolute Gasteiger partial charge is 0.355 e. The number of hydrogen-bond acceptors (Lipinski definition) is 5. The molecule has 3 rings (SSSR count). The predicted octanol–water partition coefficient (Wildman–Crippen LogP) is 1.38. The van der Waals surface area contributed by atoms with Crippen LogP contribution in [0.4, 0.5) is 0 Å². The highest BCUT2D eigenvalue weighted by atomic mass is 32.2. The molecule has 0 saturated heterocycles. The highest BCUT2D eigenvalue weighted by Gasteiger charge is 2.43. The molecule has 30 heavy (non-hydrogen) atoms. The molecule has 0 spiro atoms. The molecular formula is C21H23N3O5S. The van der Waals surface area contributed by atoms with Crippen molar-refractivity contribution in [3.05, 3.63) is 65.7 Å². The fourth-order valence-corrected chi connectivity index (χ4v) is 4.80. The van der Waals surface area contributed by atoms with Gasteiger partial charge in [0.05, 0.1) is 5.56 Å². The van der Waals surface area contributed by atoms with Crippen LogP contribution < -0.4 is 5.32 Å². The first-order chi connectivity index (χ1) is 14.3. The number of sulfonamides is 1. The van der Waals surface area contributed by atoms with Gasteiger partial charge in [-0.1, -0.05) is 42.5 Å². The van der Waals surface area contributed by atoms with Crippen molar-refractivity contribution in [2.24, 2.45) is 0 Å². The van der Waals surface area contributed by atoms with E-state index in [4.69, 9.17) is 0 Å². The van der Waals surface area contributed by atoms with Gasteiger partial charge >= 0.3 is 0 Å². The molecule has 0 unspecified atom stereocenters. The van der Waals surface area contributed by atoms with E-state index in [0.717, 1.165) is 5.56 Å². The Morgan fingerprint density at radius 1 is 1.07 bits per heavy atom. The van der Waals surface area contributed by atoms with E-state index in [2.05, 4.69) is 5.32 Å². The molecule has 2 aromatic carbocycles. The molecule has 0 bridgehead atoms. The molecule has 0 aromatic heterocycles. The Kier molecular flexibility index (Phi) is 6.21. The third-order valence-corrected chi connectivity index (χ3v) is 6.69. The Balaban J connectivity index is 1.88. The second kappa shape index (κ2) is 8.66. The number of benzene rings is 2. The summed E-state index contributed by atoms with van der Waals surface area (Å²) in [6.07, 6.45) is 0. The molecule has 1 N–H and O–H groups in total. The molecule has 3 amide bonds. The molecule has 1 aliphatic rings. The molecule has 1 heterocycles. The number of carbonyl (C=O) groups excluding carboxylic acids is 3. The fraction of sp³-hybridized carbons (Fsp3) is 0.286. The molecular weight excluding hydrogens is 406 g/mol. The molecule has 1 aliphatic heterocycles. The normalized spacial score (nSPS) is 15.4. The number of nitrogens with zero attached hydrogens (tertiary/aromatic N) is 2. The first kappa shape index (κ1) is 21.5. The number of nitrogens with one attached hydrogen (secondary N) is 1. The van der Waals surface area contributed by atoms with Crippen LogP contribution in [0.5, 0.6) is 0 Å². The van der Waals surface area contributed by atoms with Gasteiger partial charge in [0.1, 0.15) is 17.5 Å². The maximum absolute atomic E-state index is 13.1. The minimum atomic E-state index is -4.12. The van der Waals surface area contributed by atoms with E-state index in [9.17, 15) is 22.8 Å². The van der Waals surface area contributed by atoms with Crippen LogP contribution in [0.1, 0.15) is 29.8 Å². The van der Waals surface area contributed by atoms with Crippen LogP contribution in [0, 0.1) is 0 Å². The zero-order valence-corrected chi connectivity index (χ0v) is 17.6. The van der Waals surface area contributed by atoms with E-state index in [1.54, 1.807) is 44.2 Å². The summed E-state index contributed by atoms with van der Waals surface area (Å²) in [5.74, 6) is -1.74. The van der Waals surface area contributed by atoms with E-state index in [-0.39, 0.29) is 22.9 Å². The standard InChI is InChI=1S/C21H23N3O5S/c1-3-22-20(26)15(2)23(13-16-9-5-4-6-10-16)19(25)14-24-21(27)17-11-7-8-12-18(17)30(24,28)29/h4-12,15H,3,13-14H2,1-2H3,(H,22,26)/t15-/m0/s1. The summed E-state index contributed by atoms with van der Waals surface area (Å²) in [5.41, 5.74) is 0.817. The van der Waals surface area contributed by atoms with Crippen LogP contribution in [-0.2, 0) is 26.2 Å². The van der Waals surface area contributed by atoms with Crippen molar-refractivity contribution in [3.8, 4) is 0 Å². The van der Waals surface area contributed by atoms with Crippen molar-refractivity contribution >= 4 is 27.7 Å². The number of rotatable bonds is 7. The van der Waals surface area contributed by atoms with Gasteiger partial charge in [0.2, 0.25) is 11.8 Å². The Hall–Kier alpha value is -3.20. The fourth-order valence-electron chi connectivity index (χ4n) is 3.29. The van der Waals surface area contributed by atoms with Gasteiger partial charge in [0, 0.05) is 13.1 Å². The van der Waals surface area contributed by atoms with Gasteiger partial charge in [-0.05, 0) is 31.5 Å². The molecule has 0 fully saturated rings. The van der Waals surface area contributed by atoms with E-state index >= 15 is 0 Å². The third kappa shape index (κ3) is 4.06. The lowest BCUT2D eigenvalue weighted by atomic mass is 10.1. The second-order valence-electron chi connectivity index (χ2n) is 6.89. The number of hydrogen-bond donors (Lipinski definition) is 1. The number of likely N-dealkylation sites (N-methyl/N-ethyl adjacent to an activating group) is 1. The first-order valence-corrected chi connectivity index (χ1v) is 11.0. The molecule has 0 aliphatic carbocycles. The van der Waals surface area contributed by atoms with Crippen LogP contribution in [0.15, 0.2) is 59.5 Å². The summed E-state index contributed by atoms with van der Waals surface area (Å²) in [6.45, 7) is 3.16. The van der Waals surface area contributed by atoms with Crippen LogP contribution in [0.25, 0.3) is 0 Å². The van der Waals surface area contributed by atoms with E-state index in [0.29, 0.717) is 10.8 Å². The summed E-state index contributed by atoms with van der Waals surface area (Å²) in [7, 11) is -4.12. The average molecular weight is 429 g/mol. The van der Waals surface area contributed by atoms with Gasteiger partial charge in [-0.2, -0.15) is 0 Å². The van der Waals surface area contributed by atoms with Gasteiger partial charge in [0.15, 0.2) is 0 Å². The molecule has 158 valence electrons. The highest BCUT2D eigenvalue weighted by Crippen LogP contribution is 2.30. The van der Waals surface area contributed by atoms with Crippen molar-refractivity contribution in [1.82, 2.24) is 14.5 Å². The van der Waals surface area contributed by atoms with Gasteiger partial charge in [-0.3, -0.25) is 14.4 Å². The van der Waals surface area contributed by atoms with Crippen LogP contribution in [0.3, 0.4) is 0 Å². The lowest BCUT2D eigenvalue weighted by Crippen LogP contribution is -2.51. The molecule has 0 saturated carbocycles. The summed E-state index contributed by atoms with van der Waals surface area (Å²) in [6, 6.07) is 14.0. The highest BCUT2D eigenvalue weighted by molar-refractivity contribution is 7.90. The van der Waals surface area contributed by atoms with Crippen molar-refractivity contribution in [1.29, 1.82) is 0 Å². The summed E-state index contributed by atoms with van der Waals surface area (Å²) in [4.78, 5) is 39.3. The third-order valence-electron chi connectivity index (χ3n) is 4.90.